The molecule has 0 spiro atoms. The van der Waals surface area contributed by atoms with E-state index < -0.39 is 12.2 Å². The Morgan fingerprint density at radius 1 is 1.69 bits per heavy atom. The second kappa shape index (κ2) is 6.90. The number of rotatable bonds is 3. The van der Waals surface area contributed by atoms with Crippen molar-refractivity contribution in [2.75, 3.05) is 19.7 Å². The standard InChI is InChI=1S/C9H18N2O4.ClH/c1-6(12)5-15-8-4-11(9(13)14)3-2-7(8)10;/h6-8,12H,2-5,10H2,1H3,(H,13,14);1H. The molecule has 0 radical (unpaired) electrons. The molecule has 4 N–H and O–H groups in total. The number of hydrogen-bond acceptors (Lipinski definition) is 4. The molecule has 96 valence electrons. The Kier molecular flexibility index (Phi) is 6.66. The molecule has 3 unspecified atom stereocenters. The third-order valence-electron chi connectivity index (χ3n) is 2.43. The maximum absolute atomic E-state index is 10.7. The van der Waals surface area contributed by atoms with Crippen LogP contribution in [0, 0.1) is 0 Å². The SMILES string of the molecule is CC(O)COC1CN(C(=O)O)CCC1N.Cl. The first-order chi connectivity index (χ1) is 7.00. The fourth-order valence-electron chi connectivity index (χ4n) is 1.55. The lowest BCUT2D eigenvalue weighted by molar-refractivity contribution is -0.0406. The van der Waals surface area contributed by atoms with Gasteiger partial charge in [0.15, 0.2) is 0 Å². The van der Waals surface area contributed by atoms with Gasteiger partial charge in [0, 0.05) is 12.6 Å². The van der Waals surface area contributed by atoms with E-state index in [1.54, 1.807) is 6.92 Å². The molecular weight excluding hydrogens is 236 g/mol. The zero-order valence-electron chi connectivity index (χ0n) is 9.20. The van der Waals surface area contributed by atoms with Crippen molar-refractivity contribution in [3.63, 3.8) is 0 Å². The van der Waals surface area contributed by atoms with Crippen LogP contribution < -0.4 is 5.73 Å². The van der Waals surface area contributed by atoms with E-state index in [9.17, 15) is 4.79 Å². The summed E-state index contributed by atoms with van der Waals surface area (Å²) < 4.78 is 5.36. The fraction of sp³-hybridized carbons (Fsp3) is 0.889. The molecule has 1 saturated heterocycles. The summed E-state index contributed by atoms with van der Waals surface area (Å²) in [7, 11) is 0. The third-order valence-corrected chi connectivity index (χ3v) is 2.43. The molecule has 0 aromatic rings. The van der Waals surface area contributed by atoms with Crippen molar-refractivity contribution in [3.8, 4) is 0 Å². The minimum absolute atomic E-state index is 0. The first-order valence-electron chi connectivity index (χ1n) is 5.04. The Hall–Kier alpha value is -0.560. The number of ether oxygens (including phenoxy) is 1. The maximum Gasteiger partial charge on any atom is 0.407 e. The monoisotopic (exact) mass is 254 g/mol. The zero-order chi connectivity index (χ0) is 11.4. The summed E-state index contributed by atoms with van der Waals surface area (Å²) in [4.78, 5) is 12.0. The van der Waals surface area contributed by atoms with Crippen molar-refractivity contribution in [2.45, 2.75) is 31.6 Å². The van der Waals surface area contributed by atoms with Crippen molar-refractivity contribution >= 4 is 18.5 Å². The number of halogens is 1. The van der Waals surface area contributed by atoms with E-state index in [1.165, 1.54) is 4.90 Å². The molecule has 1 aliphatic heterocycles. The summed E-state index contributed by atoms with van der Waals surface area (Å²) in [5.41, 5.74) is 5.80. The molecule has 6 nitrogen and oxygen atoms in total. The highest BCUT2D eigenvalue weighted by molar-refractivity contribution is 5.85. The van der Waals surface area contributed by atoms with Crippen LogP contribution >= 0.6 is 12.4 Å². The normalized spacial score (nSPS) is 27.1. The van der Waals surface area contributed by atoms with Crippen molar-refractivity contribution in [1.29, 1.82) is 0 Å². The van der Waals surface area contributed by atoms with Crippen LogP contribution in [0.25, 0.3) is 0 Å². The van der Waals surface area contributed by atoms with Gasteiger partial charge in [-0.05, 0) is 13.3 Å². The van der Waals surface area contributed by atoms with E-state index in [4.69, 9.17) is 20.7 Å². The number of nitrogens with two attached hydrogens (primary N) is 1. The Bertz CT molecular complexity index is 228. The minimum atomic E-state index is -0.951. The molecule has 1 fully saturated rings. The predicted octanol–water partition coefficient (Wildman–Crippen LogP) is -0.115. The number of aliphatic hydroxyl groups is 1. The molecule has 0 aliphatic carbocycles. The molecule has 0 aromatic carbocycles. The van der Waals surface area contributed by atoms with E-state index in [-0.39, 0.29) is 37.7 Å². The number of carbonyl (C=O) groups is 1. The topological polar surface area (TPSA) is 96.0 Å². The van der Waals surface area contributed by atoms with E-state index in [2.05, 4.69) is 0 Å². The molecule has 0 aromatic heterocycles. The predicted molar refractivity (Wildman–Crippen MR) is 60.9 cm³/mol. The van der Waals surface area contributed by atoms with Crippen LogP contribution in [-0.4, -0.2) is 59.2 Å². The summed E-state index contributed by atoms with van der Waals surface area (Å²) in [6.45, 7) is 2.53. The Labute approximate surface area is 101 Å². The lowest BCUT2D eigenvalue weighted by atomic mass is 10.0. The second-order valence-electron chi connectivity index (χ2n) is 3.90. The maximum atomic E-state index is 10.7. The number of nitrogens with zero attached hydrogens (tertiary/aromatic N) is 1. The van der Waals surface area contributed by atoms with Crippen LogP contribution in [0.2, 0.25) is 0 Å². The molecule has 1 aliphatic rings. The molecule has 1 amide bonds. The van der Waals surface area contributed by atoms with E-state index in [0.717, 1.165) is 0 Å². The van der Waals surface area contributed by atoms with Gasteiger partial charge in [0.05, 0.1) is 25.4 Å². The van der Waals surface area contributed by atoms with Crippen LogP contribution in [-0.2, 0) is 4.74 Å². The van der Waals surface area contributed by atoms with Crippen molar-refractivity contribution in [1.82, 2.24) is 4.90 Å². The van der Waals surface area contributed by atoms with Crippen LogP contribution in [0.1, 0.15) is 13.3 Å². The molecule has 0 bridgehead atoms. The molecule has 16 heavy (non-hydrogen) atoms. The first-order valence-corrected chi connectivity index (χ1v) is 5.04. The fourth-order valence-corrected chi connectivity index (χ4v) is 1.55. The van der Waals surface area contributed by atoms with Gasteiger partial charge in [-0.1, -0.05) is 0 Å². The number of carboxylic acid groups (broad SMARTS) is 1. The van der Waals surface area contributed by atoms with Gasteiger partial charge in [-0.15, -0.1) is 12.4 Å². The Balaban J connectivity index is 0.00000225. The Morgan fingerprint density at radius 3 is 2.81 bits per heavy atom. The van der Waals surface area contributed by atoms with Gasteiger partial charge in [-0.25, -0.2) is 4.79 Å². The summed E-state index contributed by atoms with van der Waals surface area (Å²) in [5.74, 6) is 0. The third kappa shape index (κ3) is 4.52. The average molecular weight is 255 g/mol. The van der Waals surface area contributed by atoms with E-state index in [1.807, 2.05) is 0 Å². The lowest BCUT2D eigenvalue weighted by Gasteiger charge is -2.35. The van der Waals surface area contributed by atoms with Crippen molar-refractivity contribution in [3.05, 3.63) is 0 Å². The van der Waals surface area contributed by atoms with Crippen molar-refractivity contribution < 1.29 is 19.7 Å². The van der Waals surface area contributed by atoms with Crippen LogP contribution in [0.15, 0.2) is 0 Å². The van der Waals surface area contributed by atoms with E-state index >= 15 is 0 Å². The van der Waals surface area contributed by atoms with Crippen LogP contribution in [0.5, 0.6) is 0 Å². The lowest BCUT2D eigenvalue weighted by Crippen LogP contribution is -2.53. The largest absolute Gasteiger partial charge is 0.465 e. The smallest absolute Gasteiger partial charge is 0.407 e. The number of hydrogen-bond donors (Lipinski definition) is 3. The minimum Gasteiger partial charge on any atom is -0.465 e. The summed E-state index contributed by atoms with van der Waals surface area (Å²) in [6, 6.07) is -0.153. The highest BCUT2D eigenvalue weighted by atomic mass is 35.5. The molecule has 0 saturated carbocycles. The van der Waals surface area contributed by atoms with Crippen molar-refractivity contribution in [2.24, 2.45) is 5.73 Å². The molecular formula is C9H19ClN2O4. The van der Waals surface area contributed by atoms with Gasteiger partial charge < -0.3 is 25.6 Å². The van der Waals surface area contributed by atoms with Crippen LogP contribution in [0.3, 0.4) is 0 Å². The van der Waals surface area contributed by atoms with Gasteiger partial charge in [0.2, 0.25) is 0 Å². The first kappa shape index (κ1) is 15.4. The summed E-state index contributed by atoms with van der Waals surface area (Å²) in [6.07, 6.45) is -1.23. The number of piperidine rings is 1. The second-order valence-corrected chi connectivity index (χ2v) is 3.90. The summed E-state index contributed by atoms with van der Waals surface area (Å²) >= 11 is 0. The molecule has 1 heterocycles. The number of likely N-dealkylation sites (tertiary alicyclic amines) is 1. The molecule has 3 atom stereocenters. The number of amides is 1. The highest BCUT2D eigenvalue weighted by Gasteiger charge is 2.29. The quantitative estimate of drug-likeness (QED) is 0.653. The van der Waals surface area contributed by atoms with Gasteiger partial charge in [0.1, 0.15) is 0 Å². The van der Waals surface area contributed by atoms with Gasteiger partial charge >= 0.3 is 6.09 Å². The van der Waals surface area contributed by atoms with Gasteiger partial charge in [0.25, 0.3) is 0 Å². The van der Waals surface area contributed by atoms with Gasteiger partial charge in [-0.2, -0.15) is 0 Å². The zero-order valence-corrected chi connectivity index (χ0v) is 10.0. The Morgan fingerprint density at radius 2 is 2.31 bits per heavy atom. The molecule has 7 heteroatoms. The average Bonchev–Trinajstić information content (AvgIpc) is 2.16. The highest BCUT2D eigenvalue weighted by Crippen LogP contribution is 2.12. The number of aliphatic hydroxyl groups excluding tert-OH is 1. The van der Waals surface area contributed by atoms with E-state index in [0.29, 0.717) is 13.0 Å². The summed E-state index contributed by atoms with van der Waals surface area (Å²) in [5, 5.41) is 17.8. The molecule has 1 rings (SSSR count). The van der Waals surface area contributed by atoms with Gasteiger partial charge in [-0.3, -0.25) is 0 Å². The van der Waals surface area contributed by atoms with Crippen LogP contribution in [0.4, 0.5) is 4.79 Å².